The third kappa shape index (κ3) is 2.19. The molecular weight excluding hydrogens is 200 g/mol. The second kappa shape index (κ2) is 4.31. The SMILES string of the molecule is Cc1cccc(CC(=O)c2nccn2C)c1. The number of aryl methyl sites for hydroxylation is 2. The highest BCUT2D eigenvalue weighted by atomic mass is 16.1. The van der Waals surface area contributed by atoms with Crippen molar-refractivity contribution in [2.24, 2.45) is 7.05 Å². The molecule has 0 amide bonds. The molecule has 82 valence electrons. The van der Waals surface area contributed by atoms with Crippen molar-refractivity contribution in [3.05, 3.63) is 53.6 Å². The standard InChI is InChI=1S/C13H14N2O/c1-10-4-3-5-11(8-10)9-12(16)13-14-6-7-15(13)2/h3-8H,9H2,1-2H3. The fourth-order valence-electron chi connectivity index (χ4n) is 1.72. The molecule has 0 radical (unpaired) electrons. The summed E-state index contributed by atoms with van der Waals surface area (Å²) in [5.41, 5.74) is 2.21. The molecule has 0 unspecified atom stereocenters. The van der Waals surface area contributed by atoms with Gasteiger partial charge in [0.05, 0.1) is 0 Å². The lowest BCUT2D eigenvalue weighted by Gasteiger charge is -2.02. The predicted octanol–water partition coefficient (Wildman–Crippen LogP) is 2.15. The van der Waals surface area contributed by atoms with E-state index >= 15 is 0 Å². The first-order valence-corrected chi connectivity index (χ1v) is 5.23. The summed E-state index contributed by atoms with van der Waals surface area (Å²) in [6.45, 7) is 2.02. The lowest BCUT2D eigenvalue weighted by Crippen LogP contribution is -2.10. The summed E-state index contributed by atoms with van der Waals surface area (Å²) in [7, 11) is 1.83. The molecule has 0 bridgehead atoms. The average Bonchev–Trinajstić information content (AvgIpc) is 2.64. The van der Waals surface area contributed by atoms with Crippen LogP contribution in [0.2, 0.25) is 0 Å². The fourth-order valence-corrected chi connectivity index (χ4v) is 1.72. The summed E-state index contributed by atoms with van der Waals surface area (Å²) >= 11 is 0. The summed E-state index contributed by atoms with van der Waals surface area (Å²) in [5.74, 6) is 0.569. The van der Waals surface area contributed by atoms with Gasteiger partial charge in [-0.15, -0.1) is 0 Å². The Hall–Kier alpha value is -1.90. The predicted molar refractivity (Wildman–Crippen MR) is 62.4 cm³/mol. The van der Waals surface area contributed by atoms with E-state index in [0.717, 1.165) is 5.56 Å². The van der Waals surface area contributed by atoms with Crippen LogP contribution < -0.4 is 0 Å². The van der Waals surface area contributed by atoms with Crippen LogP contribution in [0.15, 0.2) is 36.7 Å². The summed E-state index contributed by atoms with van der Waals surface area (Å²) < 4.78 is 1.75. The van der Waals surface area contributed by atoms with Crippen LogP contribution in [0, 0.1) is 6.92 Å². The second-order valence-electron chi connectivity index (χ2n) is 3.95. The maximum absolute atomic E-state index is 11.9. The molecule has 0 fully saturated rings. The highest BCUT2D eigenvalue weighted by Gasteiger charge is 2.11. The summed E-state index contributed by atoms with van der Waals surface area (Å²) in [5, 5.41) is 0. The number of rotatable bonds is 3. The molecule has 0 spiro atoms. The number of hydrogen-bond acceptors (Lipinski definition) is 2. The topological polar surface area (TPSA) is 34.9 Å². The molecule has 2 rings (SSSR count). The summed E-state index contributed by atoms with van der Waals surface area (Å²) in [6.07, 6.45) is 3.83. The lowest BCUT2D eigenvalue weighted by molar-refractivity contribution is 0.0980. The Bertz CT molecular complexity index is 514. The van der Waals surface area contributed by atoms with Gasteiger partial charge in [0.15, 0.2) is 5.82 Å². The largest absolute Gasteiger partial charge is 0.332 e. The van der Waals surface area contributed by atoms with E-state index in [9.17, 15) is 4.79 Å². The number of aromatic nitrogens is 2. The molecule has 0 N–H and O–H groups in total. The third-order valence-electron chi connectivity index (χ3n) is 2.52. The number of nitrogens with zero attached hydrogens (tertiary/aromatic N) is 2. The second-order valence-corrected chi connectivity index (χ2v) is 3.95. The molecule has 16 heavy (non-hydrogen) atoms. The van der Waals surface area contributed by atoms with Crippen molar-refractivity contribution in [3.8, 4) is 0 Å². The molecule has 0 atom stereocenters. The van der Waals surface area contributed by atoms with Gasteiger partial charge in [-0.2, -0.15) is 0 Å². The van der Waals surface area contributed by atoms with Gasteiger partial charge in [0, 0.05) is 25.9 Å². The third-order valence-corrected chi connectivity index (χ3v) is 2.52. The molecular formula is C13H14N2O. The molecule has 1 heterocycles. The van der Waals surface area contributed by atoms with Gasteiger partial charge >= 0.3 is 0 Å². The molecule has 1 aromatic heterocycles. The van der Waals surface area contributed by atoms with E-state index in [-0.39, 0.29) is 5.78 Å². The van der Waals surface area contributed by atoms with E-state index in [4.69, 9.17) is 0 Å². The number of benzene rings is 1. The van der Waals surface area contributed by atoms with Gasteiger partial charge in [0.2, 0.25) is 5.78 Å². The van der Waals surface area contributed by atoms with Crippen molar-refractivity contribution >= 4 is 5.78 Å². The maximum atomic E-state index is 11.9. The Morgan fingerprint density at radius 2 is 2.25 bits per heavy atom. The molecule has 0 aliphatic rings. The Morgan fingerprint density at radius 3 is 2.88 bits per heavy atom. The fraction of sp³-hybridized carbons (Fsp3) is 0.231. The molecule has 3 heteroatoms. The zero-order valence-electron chi connectivity index (χ0n) is 9.47. The van der Waals surface area contributed by atoms with Crippen LogP contribution in [-0.2, 0) is 13.5 Å². The normalized spacial score (nSPS) is 10.4. The van der Waals surface area contributed by atoms with E-state index in [1.165, 1.54) is 5.56 Å². The number of Topliss-reactive ketones (excluding diaryl/α,β-unsaturated/α-hetero) is 1. The number of carbonyl (C=O) groups excluding carboxylic acids is 1. The monoisotopic (exact) mass is 214 g/mol. The van der Waals surface area contributed by atoms with Crippen LogP contribution in [-0.4, -0.2) is 15.3 Å². The van der Waals surface area contributed by atoms with Crippen molar-refractivity contribution in [2.45, 2.75) is 13.3 Å². The Balaban J connectivity index is 2.17. The van der Waals surface area contributed by atoms with Crippen molar-refractivity contribution in [1.29, 1.82) is 0 Å². The van der Waals surface area contributed by atoms with Crippen molar-refractivity contribution in [3.63, 3.8) is 0 Å². The lowest BCUT2D eigenvalue weighted by atomic mass is 10.1. The van der Waals surface area contributed by atoms with Crippen LogP contribution in [0.25, 0.3) is 0 Å². The molecule has 0 aliphatic carbocycles. The van der Waals surface area contributed by atoms with Gasteiger partial charge in [-0.1, -0.05) is 29.8 Å². The van der Waals surface area contributed by atoms with Gasteiger partial charge in [0.1, 0.15) is 0 Å². The van der Waals surface area contributed by atoms with Gasteiger partial charge in [-0.05, 0) is 12.5 Å². The van der Waals surface area contributed by atoms with Crippen LogP contribution in [0.3, 0.4) is 0 Å². The quantitative estimate of drug-likeness (QED) is 0.734. The van der Waals surface area contributed by atoms with Gasteiger partial charge < -0.3 is 4.57 Å². The molecule has 0 aliphatic heterocycles. The van der Waals surface area contributed by atoms with E-state index in [1.807, 2.05) is 38.2 Å². The minimum atomic E-state index is 0.0538. The Morgan fingerprint density at radius 1 is 1.44 bits per heavy atom. The van der Waals surface area contributed by atoms with E-state index in [1.54, 1.807) is 17.0 Å². The van der Waals surface area contributed by atoms with Crippen LogP contribution >= 0.6 is 0 Å². The summed E-state index contributed by atoms with van der Waals surface area (Å²) in [6, 6.07) is 7.99. The molecule has 0 saturated heterocycles. The van der Waals surface area contributed by atoms with Crippen LogP contribution in [0.5, 0.6) is 0 Å². The van der Waals surface area contributed by atoms with Gasteiger partial charge in [-0.3, -0.25) is 4.79 Å². The maximum Gasteiger partial charge on any atom is 0.202 e. The molecule has 2 aromatic rings. The Labute approximate surface area is 94.7 Å². The first kappa shape index (κ1) is 10.6. The van der Waals surface area contributed by atoms with Crippen molar-refractivity contribution in [2.75, 3.05) is 0 Å². The van der Waals surface area contributed by atoms with Crippen molar-refractivity contribution in [1.82, 2.24) is 9.55 Å². The zero-order chi connectivity index (χ0) is 11.5. The summed E-state index contributed by atoms with van der Waals surface area (Å²) in [4.78, 5) is 16.0. The minimum Gasteiger partial charge on any atom is -0.332 e. The zero-order valence-corrected chi connectivity index (χ0v) is 9.47. The van der Waals surface area contributed by atoms with E-state index in [0.29, 0.717) is 12.2 Å². The number of imidazole rings is 1. The van der Waals surface area contributed by atoms with Gasteiger partial charge in [0.25, 0.3) is 0 Å². The Kier molecular flexibility index (Phi) is 2.86. The molecule has 1 aromatic carbocycles. The highest BCUT2D eigenvalue weighted by molar-refractivity contribution is 5.94. The smallest absolute Gasteiger partial charge is 0.202 e. The van der Waals surface area contributed by atoms with Gasteiger partial charge in [-0.25, -0.2) is 4.98 Å². The van der Waals surface area contributed by atoms with Crippen LogP contribution in [0.1, 0.15) is 21.7 Å². The number of carbonyl (C=O) groups is 1. The average molecular weight is 214 g/mol. The number of hydrogen-bond donors (Lipinski definition) is 0. The highest BCUT2D eigenvalue weighted by Crippen LogP contribution is 2.08. The van der Waals surface area contributed by atoms with E-state index < -0.39 is 0 Å². The first-order chi connectivity index (χ1) is 7.66. The molecule has 3 nitrogen and oxygen atoms in total. The minimum absolute atomic E-state index is 0.0538. The van der Waals surface area contributed by atoms with E-state index in [2.05, 4.69) is 4.98 Å². The molecule has 0 saturated carbocycles. The van der Waals surface area contributed by atoms with Crippen molar-refractivity contribution < 1.29 is 4.79 Å². The van der Waals surface area contributed by atoms with Crippen LogP contribution in [0.4, 0.5) is 0 Å². The first-order valence-electron chi connectivity index (χ1n) is 5.23. The number of ketones is 1.